The van der Waals surface area contributed by atoms with E-state index < -0.39 is 0 Å². The molecule has 0 saturated heterocycles. The molecule has 10 rings (SSSR count). The molecule has 0 N–H and O–H groups in total. The molecule has 10 aromatic rings. The minimum Gasteiger partial charge on any atom is -0.309 e. The normalized spacial score (nSPS) is 11.8. The Balaban J connectivity index is 1.23. The smallest absolute Gasteiger partial charge is 0.0619 e. The van der Waals surface area contributed by atoms with E-state index in [0.717, 1.165) is 5.69 Å². The summed E-state index contributed by atoms with van der Waals surface area (Å²) >= 11 is 0. The van der Waals surface area contributed by atoms with Crippen LogP contribution in [0.1, 0.15) is 0 Å². The van der Waals surface area contributed by atoms with Crippen LogP contribution in [-0.2, 0) is 0 Å². The summed E-state index contributed by atoms with van der Waals surface area (Å²) in [6.07, 6.45) is 0. The Labute approximate surface area is 278 Å². The Morgan fingerprint density at radius 2 is 0.917 bits per heavy atom. The lowest BCUT2D eigenvalue weighted by atomic mass is 9.99. The summed E-state index contributed by atoms with van der Waals surface area (Å²) in [5, 5.41) is 7.52. The molecule has 0 radical (unpaired) electrons. The van der Waals surface area contributed by atoms with Gasteiger partial charge >= 0.3 is 0 Å². The quantitative estimate of drug-likeness (QED) is 0.188. The van der Waals surface area contributed by atoms with Crippen molar-refractivity contribution in [3.63, 3.8) is 0 Å². The first-order chi connectivity index (χ1) is 23.8. The van der Waals surface area contributed by atoms with Gasteiger partial charge in [-0.15, -0.1) is 0 Å². The Bertz CT molecular complexity index is 2830. The second-order valence-corrected chi connectivity index (χ2v) is 12.6. The number of benzene rings is 8. The van der Waals surface area contributed by atoms with Crippen molar-refractivity contribution in [2.45, 2.75) is 0 Å². The van der Waals surface area contributed by atoms with Gasteiger partial charge in [-0.3, -0.25) is 0 Å². The summed E-state index contributed by atoms with van der Waals surface area (Å²) in [6, 6.07) is 66.3. The molecule has 0 fully saturated rings. The maximum absolute atomic E-state index is 2.45. The standard InChI is InChI=1S/C46H30N2/c1-2-12-31(13-3-1)34-16-10-17-36(28-34)48-44-23-9-6-18-39(44)41-21-11-20-38(46(41)48)35-25-27-45-42(30-35)40-19-7-8-22-43(40)47(45)37-26-24-32-14-4-5-15-33(32)29-37/h1-30H. The molecule has 0 atom stereocenters. The van der Waals surface area contributed by atoms with Crippen LogP contribution in [0, 0.1) is 0 Å². The molecule has 0 aliphatic rings. The zero-order valence-electron chi connectivity index (χ0n) is 26.2. The van der Waals surface area contributed by atoms with Crippen molar-refractivity contribution in [1.82, 2.24) is 9.13 Å². The van der Waals surface area contributed by atoms with Gasteiger partial charge in [-0.1, -0.05) is 133 Å². The van der Waals surface area contributed by atoms with Crippen LogP contribution in [0.25, 0.3) is 88.0 Å². The summed E-state index contributed by atoms with van der Waals surface area (Å²) in [5.74, 6) is 0. The van der Waals surface area contributed by atoms with Crippen molar-refractivity contribution in [3.05, 3.63) is 182 Å². The molecule has 2 heterocycles. The van der Waals surface area contributed by atoms with E-state index in [9.17, 15) is 0 Å². The molecule has 0 spiro atoms. The highest BCUT2D eigenvalue weighted by Gasteiger charge is 2.19. The molecule has 0 aliphatic heterocycles. The summed E-state index contributed by atoms with van der Waals surface area (Å²) in [6.45, 7) is 0. The van der Waals surface area contributed by atoms with Gasteiger partial charge in [-0.2, -0.15) is 0 Å². The third-order valence-corrected chi connectivity index (χ3v) is 9.88. The monoisotopic (exact) mass is 610 g/mol. The predicted octanol–water partition coefficient (Wildman–Crippen LogP) is 12.4. The van der Waals surface area contributed by atoms with E-state index in [0.29, 0.717) is 0 Å². The minimum atomic E-state index is 1.16. The van der Waals surface area contributed by atoms with Crippen molar-refractivity contribution in [1.29, 1.82) is 0 Å². The number of rotatable bonds is 4. The molecule has 0 aliphatic carbocycles. The SMILES string of the molecule is c1ccc(-c2cccc(-n3c4ccccc4c4cccc(-c5ccc6c(c5)c5ccccc5n6-c5ccc6ccccc6c5)c43)c2)cc1. The number of nitrogens with zero attached hydrogens (tertiary/aromatic N) is 2. The molecule has 2 nitrogen and oxygen atoms in total. The fourth-order valence-corrected chi connectivity index (χ4v) is 7.71. The molecular formula is C46H30N2. The second-order valence-electron chi connectivity index (χ2n) is 12.6. The summed E-state index contributed by atoms with van der Waals surface area (Å²) in [4.78, 5) is 0. The Morgan fingerprint density at radius 1 is 0.292 bits per heavy atom. The highest BCUT2D eigenvalue weighted by atomic mass is 15.0. The average Bonchev–Trinajstić information content (AvgIpc) is 3.68. The van der Waals surface area contributed by atoms with Crippen LogP contribution in [-0.4, -0.2) is 9.13 Å². The van der Waals surface area contributed by atoms with Gasteiger partial charge in [0.15, 0.2) is 0 Å². The van der Waals surface area contributed by atoms with E-state index in [2.05, 4.69) is 191 Å². The highest BCUT2D eigenvalue weighted by molar-refractivity contribution is 6.15. The van der Waals surface area contributed by atoms with Gasteiger partial charge in [0, 0.05) is 38.5 Å². The molecule has 2 aromatic heterocycles. The number of hydrogen-bond acceptors (Lipinski definition) is 0. The lowest BCUT2D eigenvalue weighted by Crippen LogP contribution is -1.96. The zero-order chi connectivity index (χ0) is 31.6. The Morgan fingerprint density at radius 3 is 1.77 bits per heavy atom. The van der Waals surface area contributed by atoms with Crippen molar-refractivity contribution in [2.75, 3.05) is 0 Å². The maximum atomic E-state index is 2.45. The van der Waals surface area contributed by atoms with Crippen molar-refractivity contribution < 1.29 is 0 Å². The molecule has 48 heavy (non-hydrogen) atoms. The molecule has 0 amide bonds. The lowest BCUT2D eigenvalue weighted by Gasteiger charge is -2.14. The van der Waals surface area contributed by atoms with Crippen molar-refractivity contribution in [2.24, 2.45) is 0 Å². The van der Waals surface area contributed by atoms with Gasteiger partial charge in [0.2, 0.25) is 0 Å². The topological polar surface area (TPSA) is 9.86 Å². The van der Waals surface area contributed by atoms with Gasteiger partial charge < -0.3 is 9.13 Å². The van der Waals surface area contributed by atoms with Crippen LogP contribution in [0.3, 0.4) is 0 Å². The first-order valence-electron chi connectivity index (χ1n) is 16.5. The van der Waals surface area contributed by atoms with Gasteiger partial charge in [-0.25, -0.2) is 0 Å². The molecule has 0 bridgehead atoms. The minimum absolute atomic E-state index is 1.16. The third-order valence-electron chi connectivity index (χ3n) is 9.88. The third kappa shape index (κ3) is 4.06. The lowest BCUT2D eigenvalue weighted by molar-refractivity contribution is 1.18. The number of hydrogen-bond donors (Lipinski definition) is 0. The molecule has 0 saturated carbocycles. The van der Waals surface area contributed by atoms with Crippen LogP contribution in [0.4, 0.5) is 0 Å². The summed E-state index contributed by atoms with van der Waals surface area (Å²) in [7, 11) is 0. The van der Waals surface area contributed by atoms with E-state index in [-0.39, 0.29) is 0 Å². The van der Waals surface area contributed by atoms with Gasteiger partial charge in [0.05, 0.1) is 22.1 Å². The van der Waals surface area contributed by atoms with Crippen LogP contribution < -0.4 is 0 Å². The number of fused-ring (bicyclic) bond motifs is 7. The van der Waals surface area contributed by atoms with E-state index in [1.165, 1.54) is 82.3 Å². The van der Waals surface area contributed by atoms with Gasteiger partial charge in [0.25, 0.3) is 0 Å². The van der Waals surface area contributed by atoms with E-state index in [1.54, 1.807) is 0 Å². The molecular weight excluding hydrogens is 581 g/mol. The number of para-hydroxylation sites is 3. The molecule has 2 heteroatoms. The predicted molar refractivity (Wildman–Crippen MR) is 203 cm³/mol. The second kappa shape index (κ2) is 10.6. The van der Waals surface area contributed by atoms with Crippen molar-refractivity contribution >= 4 is 54.4 Å². The molecule has 224 valence electrons. The Kier molecular flexibility index (Phi) is 5.91. The molecule has 8 aromatic carbocycles. The first kappa shape index (κ1) is 26.8. The van der Waals surface area contributed by atoms with Crippen LogP contribution in [0.15, 0.2) is 182 Å². The number of aromatic nitrogens is 2. The van der Waals surface area contributed by atoms with Crippen LogP contribution in [0.2, 0.25) is 0 Å². The first-order valence-corrected chi connectivity index (χ1v) is 16.5. The zero-order valence-corrected chi connectivity index (χ0v) is 26.2. The van der Waals surface area contributed by atoms with E-state index in [1.807, 2.05) is 0 Å². The largest absolute Gasteiger partial charge is 0.309 e. The highest BCUT2D eigenvalue weighted by Crippen LogP contribution is 2.41. The molecule has 0 unspecified atom stereocenters. The van der Waals surface area contributed by atoms with E-state index >= 15 is 0 Å². The van der Waals surface area contributed by atoms with Crippen LogP contribution in [0.5, 0.6) is 0 Å². The maximum Gasteiger partial charge on any atom is 0.0619 e. The van der Waals surface area contributed by atoms with Crippen molar-refractivity contribution in [3.8, 4) is 33.6 Å². The summed E-state index contributed by atoms with van der Waals surface area (Å²) < 4.78 is 4.86. The van der Waals surface area contributed by atoms with Gasteiger partial charge in [-0.05, 0) is 76.0 Å². The summed E-state index contributed by atoms with van der Waals surface area (Å²) in [5.41, 5.74) is 12.0. The fraction of sp³-hybridized carbons (Fsp3) is 0. The fourth-order valence-electron chi connectivity index (χ4n) is 7.71. The van der Waals surface area contributed by atoms with Gasteiger partial charge in [0.1, 0.15) is 0 Å². The van der Waals surface area contributed by atoms with Crippen LogP contribution >= 0.6 is 0 Å². The van der Waals surface area contributed by atoms with E-state index in [4.69, 9.17) is 0 Å². The Hall–Kier alpha value is -6.38. The average molecular weight is 611 g/mol.